The van der Waals surface area contributed by atoms with Gasteiger partial charge >= 0.3 is 0 Å². The van der Waals surface area contributed by atoms with Crippen LogP contribution in [0.1, 0.15) is 31.0 Å². The van der Waals surface area contributed by atoms with Crippen molar-refractivity contribution in [3.05, 3.63) is 47.8 Å². The highest BCUT2D eigenvalue weighted by Crippen LogP contribution is 2.25. The molecule has 0 atom stereocenters. The number of benzene rings is 1. The summed E-state index contributed by atoms with van der Waals surface area (Å²) < 4.78 is 0. The summed E-state index contributed by atoms with van der Waals surface area (Å²) in [6, 6.07) is 10.0. The zero-order valence-electron chi connectivity index (χ0n) is 10.7. The van der Waals surface area contributed by atoms with E-state index in [1.54, 1.807) is 6.20 Å². The predicted octanol–water partition coefficient (Wildman–Crippen LogP) is 2.80. The Hall–Kier alpha value is -1.94. The number of nitrogens with two attached hydrogens (primary N) is 1. The minimum absolute atomic E-state index is 0.420. The van der Waals surface area contributed by atoms with Crippen molar-refractivity contribution in [2.75, 3.05) is 5.32 Å². The number of aromatic nitrogens is 2. The summed E-state index contributed by atoms with van der Waals surface area (Å²) in [5.74, 6) is 1.04. The van der Waals surface area contributed by atoms with E-state index in [4.69, 9.17) is 5.73 Å². The Morgan fingerprint density at radius 3 is 2.72 bits per heavy atom. The lowest BCUT2D eigenvalue weighted by Gasteiger charge is -2.13. The Morgan fingerprint density at radius 2 is 2.00 bits per heavy atom. The summed E-state index contributed by atoms with van der Waals surface area (Å²) in [5.41, 5.74) is 8.69. The lowest BCUT2D eigenvalue weighted by molar-refractivity contribution is 0.868. The van der Waals surface area contributed by atoms with E-state index in [0.717, 1.165) is 11.4 Å². The second-order valence-electron chi connectivity index (χ2n) is 4.44. The maximum atomic E-state index is 5.57. The van der Waals surface area contributed by atoms with Crippen molar-refractivity contribution in [1.29, 1.82) is 0 Å². The fraction of sp³-hybridized carbons (Fsp3) is 0.286. The number of anilines is 2. The molecule has 4 heteroatoms. The van der Waals surface area contributed by atoms with E-state index in [1.807, 2.05) is 24.3 Å². The fourth-order valence-electron chi connectivity index (χ4n) is 1.80. The van der Waals surface area contributed by atoms with Crippen LogP contribution in [0.25, 0.3) is 0 Å². The first kappa shape index (κ1) is 12.5. The molecular weight excluding hydrogens is 224 g/mol. The van der Waals surface area contributed by atoms with Gasteiger partial charge in [0, 0.05) is 18.4 Å². The van der Waals surface area contributed by atoms with Crippen molar-refractivity contribution in [1.82, 2.24) is 9.97 Å². The van der Waals surface area contributed by atoms with Crippen LogP contribution in [-0.4, -0.2) is 9.97 Å². The second-order valence-corrected chi connectivity index (χ2v) is 4.44. The molecule has 0 amide bonds. The molecule has 0 aliphatic heterocycles. The lowest BCUT2D eigenvalue weighted by atomic mass is 10.0. The van der Waals surface area contributed by atoms with Crippen LogP contribution in [0, 0.1) is 0 Å². The van der Waals surface area contributed by atoms with Crippen LogP contribution < -0.4 is 11.1 Å². The van der Waals surface area contributed by atoms with Gasteiger partial charge < -0.3 is 11.1 Å². The normalized spacial score (nSPS) is 10.7. The maximum absolute atomic E-state index is 5.57. The molecule has 1 aromatic heterocycles. The molecule has 2 aromatic rings. The van der Waals surface area contributed by atoms with Crippen LogP contribution in [0.5, 0.6) is 0 Å². The van der Waals surface area contributed by atoms with Gasteiger partial charge in [0.2, 0.25) is 5.95 Å². The van der Waals surface area contributed by atoms with Gasteiger partial charge in [-0.1, -0.05) is 32.0 Å². The molecule has 2 rings (SSSR count). The van der Waals surface area contributed by atoms with Gasteiger partial charge in [-0.05, 0) is 23.6 Å². The SMILES string of the molecule is CC(C)c1ccccc1Nc1nccc(CN)n1. The van der Waals surface area contributed by atoms with Crippen LogP contribution >= 0.6 is 0 Å². The van der Waals surface area contributed by atoms with Gasteiger partial charge in [-0.25, -0.2) is 9.97 Å². The van der Waals surface area contributed by atoms with Crippen LogP contribution in [0.15, 0.2) is 36.5 Å². The molecule has 0 fully saturated rings. The van der Waals surface area contributed by atoms with Gasteiger partial charge in [-0.2, -0.15) is 0 Å². The summed E-state index contributed by atoms with van der Waals surface area (Å²) in [7, 11) is 0. The summed E-state index contributed by atoms with van der Waals surface area (Å²) in [6.07, 6.45) is 1.72. The molecule has 3 N–H and O–H groups in total. The minimum atomic E-state index is 0.420. The molecule has 0 saturated heterocycles. The minimum Gasteiger partial charge on any atom is -0.325 e. The van der Waals surface area contributed by atoms with Crippen molar-refractivity contribution in [2.45, 2.75) is 26.3 Å². The van der Waals surface area contributed by atoms with Crippen molar-refractivity contribution in [3.63, 3.8) is 0 Å². The highest BCUT2D eigenvalue weighted by atomic mass is 15.1. The van der Waals surface area contributed by atoms with Gasteiger partial charge in [-0.3, -0.25) is 0 Å². The molecule has 0 aliphatic rings. The van der Waals surface area contributed by atoms with Crippen LogP contribution in [-0.2, 0) is 6.54 Å². The Labute approximate surface area is 107 Å². The van der Waals surface area contributed by atoms with Crippen LogP contribution in [0.4, 0.5) is 11.6 Å². The fourth-order valence-corrected chi connectivity index (χ4v) is 1.80. The third kappa shape index (κ3) is 2.84. The van der Waals surface area contributed by atoms with E-state index in [1.165, 1.54) is 5.56 Å². The summed E-state index contributed by atoms with van der Waals surface area (Å²) >= 11 is 0. The molecule has 0 aliphatic carbocycles. The second kappa shape index (κ2) is 5.60. The molecule has 94 valence electrons. The number of nitrogens with one attached hydrogen (secondary N) is 1. The zero-order chi connectivity index (χ0) is 13.0. The lowest BCUT2D eigenvalue weighted by Crippen LogP contribution is -2.05. The van der Waals surface area contributed by atoms with Gasteiger partial charge in [0.1, 0.15) is 0 Å². The highest BCUT2D eigenvalue weighted by Gasteiger charge is 2.07. The quantitative estimate of drug-likeness (QED) is 0.865. The van der Waals surface area contributed by atoms with Crippen molar-refractivity contribution < 1.29 is 0 Å². The number of hydrogen-bond donors (Lipinski definition) is 2. The molecule has 4 nitrogen and oxygen atoms in total. The largest absolute Gasteiger partial charge is 0.325 e. The number of nitrogens with zero attached hydrogens (tertiary/aromatic N) is 2. The molecule has 0 bridgehead atoms. The highest BCUT2D eigenvalue weighted by molar-refractivity contribution is 5.59. The molecule has 0 spiro atoms. The summed E-state index contributed by atoms with van der Waals surface area (Å²) in [4.78, 5) is 8.55. The number of hydrogen-bond acceptors (Lipinski definition) is 4. The Morgan fingerprint density at radius 1 is 1.22 bits per heavy atom. The molecule has 0 radical (unpaired) electrons. The third-order valence-electron chi connectivity index (χ3n) is 2.75. The smallest absolute Gasteiger partial charge is 0.227 e. The monoisotopic (exact) mass is 242 g/mol. The zero-order valence-corrected chi connectivity index (χ0v) is 10.7. The van der Waals surface area contributed by atoms with Gasteiger partial charge in [0.05, 0.1) is 5.69 Å². The molecule has 18 heavy (non-hydrogen) atoms. The summed E-state index contributed by atoms with van der Waals surface area (Å²) in [5, 5.41) is 3.25. The van der Waals surface area contributed by atoms with Crippen molar-refractivity contribution in [3.8, 4) is 0 Å². The number of rotatable bonds is 4. The van der Waals surface area contributed by atoms with Gasteiger partial charge in [-0.15, -0.1) is 0 Å². The molecule has 0 saturated carbocycles. The van der Waals surface area contributed by atoms with E-state index >= 15 is 0 Å². The van der Waals surface area contributed by atoms with E-state index < -0.39 is 0 Å². The van der Waals surface area contributed by atoms with Crippen LogP contribution in [0.3, 0.4) is 0 Å². The predicted molar refractivity (Wildman–Crippen MR) is 73.7 cm³/mol. The van der Waals surface area contributed by atoms with Gasteiger partial charge in [0.25, 0.3) is 0 Å². The first-order valence-electron chi connectivity index (χ1n) is 6.08. The Balaban J connectivity index is 2.28. The first-order chi connectivity index (χ1) is 8.70. The number of para-hydroxylation sites is 1. The maximum Gasteiger partial charge on any atom is 0.227 e. The van der Waals surface area contributed by atoms with Gasteiger partial charge in [0.15, 0.2) is 0 Å². The molecule has 0 unspecified atom stereocenters. The van der Waals surface area contributed by atoms with E-state index in [-0.39, 0.29) is 0 Å². The van der Waals surface area contributed by atoms with Crippen molar-refractivity contribution in [2.24, 2.45) is 5.73 Å². The topological polar surface area (TPSA) is 63.8 Å². The molecule has 1 aromatic carbocycles. The van der Waals surface area contributed by atoms with E-state index in [9.17, 15) is 0 Å². The molecule has 1 heterocycles. The van der Waals surface area contributed by atoms with E-state index in [0.29, 0.717) is 18.4 Å². The standard InChI is InChI=1S/C14H18N4/c1-10(2)12-5-3-4-6-13(12)18-14-16-8-7-11(9-15)17-14/h3-8,10H,9,15H2,1-2H3,(H,16,17,18). The Bertz CT molecular complexity index is 523. The average molecular weight is 242 g/mol. The van der Waals surface area contributed by atoms with E-state index in [2.05, 4.69) is 35.2 Å². The Kier molecular flexibility index (Phi) is 3.89. The third-order valence-corrected chi connectivity index (χ3v) is 2.75. The summed E-state index contributed by atoms with van der Waals surface area (Å²) in [6.45, 7) is 4.75. The average Bonchev–Trinajstić information content (AvgIpc) is 2.39. The van der Waals surface area contributed by atoms with Crippen LogP contribution in [0.2, 0.25) is 0 Å². The molecular formula is C14H18N4. The first-order valence-corrected chi connectivity index (χ1v) is 6.08. The van der Waals surface area contributed by atoms with Crippen molar-refractivity contribution >= 4 is 11.6 Å².